The lowest BCUT2D eigenvalue weighted by Crippen LogP contribution is -2.35. The summed E-state index contributed by atoms with van der Waals surface area (Å²) in [6.07, 6.45) is -0.718. The minimum absolute atomic E-state index is 0.422. The Morgan fingerprint density at radius 3 is 2.00 bits per heavy atom. The molecule has 6 heteroatoms. The number of aliphatic hydroxyl groups excluding tert-OH is 1. The molecule has 0 atom stereocenters. The normalized spacial score (nSPS) is 9.50. The topological polar surface area (TPSA) is 95.9 Å². The van der Waals surface area contributed by atoms with E-state index in [2.05, 4.69) is 5.32 Å². The summed E-state index contributed by atoms with van der Waals surface area (Å²) in [7, 11) is 1.00. The SMILES string of the molecule is CC(C)(C)OC(=O)NCC(=O)O.CO. The fraction of sp³-hybridized carbons (Fsp3) is 0.750. The average Bonchev–Trinajstić information content (AvgIpc) is 2.02. The van der Waals surface area contributed by atoms with Gasteiger partial charge >= 0.3 is 12.1 Å². The molecule has 0 aromatic rings. The molecule has 0 aliphatic carbocycles. The summed E-state index contributed by atoms with van der Waals surface area (Å²) >= 11 is 0. The van der Waals surface area contributed by atoms with Crippen LogP contribution in [0.15, 0.2) is 0 Å². The van der Waals surface area contributed by atoms with Crippen molar-refractivity contribution in [2.24, 2.45) is 0 Å². The molecule has 0 spiro atoms. The molecule has 6 nitrogen and oxygen atoms in total. The van der Waals surface area contributed by atoms with E-state index in [-0.39, 0.29) is 0 Å². The molecule has 0 bridgehead atoms. The first-order valence-corrected chi connectivity index (χ1v) is 3.94. The molecule has 3 N–H and O–H groups in total. The van der Waals surface area contributed by atoms with E-state index in [1.807, 2.05) is 0 Å². The molecule has 1 amide bonds. The van der Waals surface area contributed by atoms with Gasteiger partial charge in [0.2, 0.25) is 0 Å². The van der Waals surface area contributed by atoms with Crippen LogP contribution in [0, 0.1) is 0 Å². The number of hydrogen-bond donors (Lipinski definition) is 3. The van der Waals surface area contributed by atoms with E-state index in [4.69, 9.17) is 14.9 Å². The molecule has 0 rings (SSSR count). The maximum atomic E-state index is 10.8. The number of aliphatic carboxylic acids is 1. The number of carboxylic acid groups (broad SMARTS) is 1. The van der Waals surface area contributed by atoms with E-state index in [1.165, 1.54) is 0 Å². The summed E-state index contributed by atoms with van der Waals surface area (Å²) < 4.78 is 4.77. The number of alkyl carbamates (subject to hydrolysis) is 1. The average molecular weight is 207 g/mol. The van der Waals surface area contributed by atoms with Crippen molar-refractivity contribution in [1.29, 1.82) is 0 Å². The zero-order valence-corrected chi connectivity index (χ0v) is 8.83. The molecule has 0 saturated heterocycles. The third kappa shape index (κ3) is 13.3. The molecule has 0 aromatic carbocycles. The van der Waals surface area contributed by atoms with Crippen molar-refractivity contribution in [3.63, 3.8) is 0 Å². The Bertz CT molecular complexity index is 185. The fourth-order valence-corrected chi connectivity index (χ4v) is 0.462. The predicted octanol–water partition coefficient (Wildman–Crippen LogP) is 0.204. The summed E-state index contributed by atoms with van der Waals surface area (Å²) in [6, 6.07) is 0. The van der Waals surface area contributed by atoms with Gasteiger partial charge in [-0.3, -0.25) is 4.79 Å². The van der Waals surface area contributed by atoms with Crippen molar-refractivity contribution in [1.82, 2.24) is 5.32 Å². The van der Waals surface area contributed by atoms with E-state index in [0.29, 0.717) is 0 Å². The fourth-order valence-electron chi connectivity index (χ4n) is 0.462. The lowest BCUT2D eigenvalue weighted by Gasteiger charge is -2.19. The lowest BCUT2D eigenvalue weighted by molar-refractivity contribution is -0.136. The van der Waals surface area contributed by atoms with Gasteiger partial charge in [0.25, 0.3) is 0 Å². The van der Waals surface area contributed by atoms with Gasteiger partial charge in [-0.25, -0.2) is 4.79 Å². The second-order valence-electron chi connectivity index (χ2n) is 3.25. The number of nitrogens with one attached hydrogen (secondary N) is 1. The molecule has 14 heavy (non-hydrogen) atoms. The van der Waals surface area contributed by atoms with Crippen LogP contribution in [-0.4, -0.2) is 41.5 Å². The molecule has 0 aliphatic rings. The first-order chi connectivity index (χ1) is 6.31. The van der Waals surface area contributed by atoms with Crippen LogP contribution in [0.25, 0.3) is 0 Å². The van der Waals surface area contributed by atoms with E-state index in [0.717, 1.165) is 7.11 Å². The van der Waals surface area contributed by atoms with Crippen molar-refractivity contribution in [3.05, 3.63) is 0 Å². The summed E-state index contributed by atoms with van der Waals surface area (Å²) in [4.78, 5) is 20.8. The molecular weight excluding hydrogens is 190 g/mol. The van der Waals surface area contributed by atoms with Gasteiger partial charge in [-0.2, -0.15) is 0 Å². The summed E-state index contributed by atoms with van der Waals surface area (Å²) in [5, 5.41) is 17.3. The molecule has 0 heterocycles. The first-order valence-electron chi connectivity index (χ1n) is 3.94. The molecule has 0 unspecified atom stereocenters. The van der Waals surface area contributed by atoms with Crippen LogP contribution < -0.4 is 5.32 Å². The maximum Gasteiger partial charge on any atom is 0.408 e. The number of rotatable bonds is 2. The van der Waals surface area contributed by atoms with Gasteiger partial charge in [0.05, 0.1) is 0 Å². The highest BCUT2D eigenvalue weighted by molar-refractivity contribution is 5.76. The Morgan fingerprint density at radius 1 is 1.29 bits per heavy atom. The number of amides is 1. The second kappa shape index (κ2) is 7.14. The van der Waals surface area contributed by atoms with E-state index in [9.17, 15) is 9.59 Å². The Kier molecular flexibility index (Phi) is 7.74. The zero-order valence-electron chi connectivity index (χ0n) is 8.83. The van der Waals surface area contributed by atoms with Crippen LogP contribution in [-0.2, 0) is 9.53 Å². The molecule has 0 aromatic heterocycles. The van der Waals surface area contributed by atoms with Crippen molar-refractivity contribution in [2.45, 2.75) is 26.4 Å². The summed E-state index contributed by atoms with van der Waals surface area (Å²) in [5.74, 6) is -1.10. The highest BCUT2D eigenvalue weighted by atomic mass is 16.6. The van der Waals surface area contributed by atoms with Crippen molar-refractivity contribution < 1.29 is 24.5 Å². The molecule has 0 radical (unpaired) electrons. The number of carbonyl (C=O) groups excluding carboxylic acids is 1. The predicted molar refractivity (Wildman–Crippen MR) is 50.0 cm³/mol. The van der Waals surface area contributed by atoms with Crippen LogP contribution >= 0.6 is 0 Å². The van der Waals surface area contributed by atoms with Crippen molar-refractivity contribution in [2.75, 3.05) is 13.7 Å². The largest absolute Gasteiger partial charge is 0.480 e. The molecular formula is C8H17NO5. The van der Waals surface area contributed by atoms with Crippen molar-refractivity contribution in [3.8, 4) is 0 Å². The standard InChI is InChI=1S/C7H13NO4.CH4O/c1-7(2,3)12-6(11)8-4-5(9)10;1-2/h4H2,1-3H3,(H,8,11)(H,9,10);2H,1H3. The van der Waals surface area contributed by atoms with Gasteiger partial charge in [0.1, 0.15) is 12.1 Å². The molecule has 84 valence electrons. The first kappa shape index (κ1) is 15.2. The Labute approximate surface area is 82.9 Å². The number of hydrogen-bond acceptors (Lipinski definition) is 4. The Morgan fingerprint density at radius 2 is 1.71 bits per heavy atom. The third-order valence-electron chi connectivity index (χ3n) is 0.783. The van der Waals surface area contributed by atoms with Crippen molar-refractivity contribution >= 4 is 12.1 Å². The summed E-state index contributed by atoms with van der Waals surface area (Å²) in [6.45, 7) is 4.68. The smallest absolute Gasteiger partial charge is 0.408 e. The Balaban J connectivity index is 0. The number of aliphatic hydroxyl groups is 1. The third-order valence-corrected chi connectivity index (χ3v) is 0.783. The molecule has 0 aliphatic heterocycles. The van der Waals surface area contributed by atoms with Crippen LogP contribution in [0.2, 0.25) is 0 Å². The second-order valence-corrected chi connectivity index (χ2v) is 3.25. The highest BCUT2D eigenvalue weighted by Gasteiger charge is 2.15. The Hall–Kier alpha value is -1.30. The van der Waals surface area contributed by atoms with Gasteiger partial charge in [0.15, 0.2) is 0 Å². The minimum atomic E-state index is -1.10. The monoisotopic (exact) mass is 207 g/mol. The quantitative estimate of drug-likeness (QED) is 0.601. The van der Waals surface area contributed by atoms with Gasteiger partial charge in [-0.1, -0.05) is 0 Å². The molecule has 0 fully saturated rings. The van der Waals surface area contributed by atoms with Gasteiger partial charge in [-0.15, -0.1) is 0 Å². The van der Waals surface area contributed by atoms with Gasteiger partial charge < -0.3 is 20.3 Å². The van der Waals surface area contributed by atoms with Gasteiger partial charge in [0, 0.05) is 7.11 Å². The van der Waals surface area contributed by atoms with Crippen LogP contribution in [0.1, 0.15) is 20.8 Å². The maximum absolute atomic E-state index is 10.8. The highest BCUT2D eigenvalue weighted by Crippen LogP contribution is 2.05. The lowest BCUT2D eigenvalue weighted by atomic mass is 10.2. The minimum Gasteiger partial charge on any atom is -0.480 e. The van der Waals surface area contributed by atoms with E-state index < -0.39 is 24.2 Å². The number of ether oxygens (including phenoxy) is 1. The van der Waals surface area contributed by atoms with Crippen LogP contribution in [0.4, 0.5) is 4.79 Å². The summed E-state index contributed by atoms with van der Waals surface area (Å²) in [5.41, 5.74) is -0.595. The van der Waals surface area contributed by atoms with Crippen LogP contribution in [0.3, 0.4) is 0 Å². The number of carboxylic acids is 1. The van der Waals surface area contributed by atoms with Crippen LogP contribution in [0.5, 0.6) is 0 Å². The van der Waals surface area contributed by atoms with E-state index in [1.54, 1.807) is 20.8 Å². The van der Waals surface area contributed by atoms with E-state index >= 15 is 0 Å². The molecule has 0 saturated carbocycles. The van der Waals surface area contributed by atoms with Gasteiger partial charge in [-0.05, 0) is 20.8 Å². The number of carbonyl (C=O) groups is 2. The zero-order chi connectivity index (χ0) is 11.8.